The summed E-state index contributed by atoms with van der Waals surface area (Å²) < 4.78 is 32.6. The van der Waals surface area contributed by atoms with Crippen LogP contribution in [-0.2, 0) is 0 Å². The van der Waals surface area contributed by atoms with Crippen molar-refractivity contribution >= 4 is 16.8 Å². The molecule has 0 fully saturated rings. The molecule has 0 atom stereocenters. The number of H-pyrrole nitrogens is 1. The number of halogens is 2. The minimum atomic E-state index is -0.689. The van der Waals surface area contributed by atoms with Gasteiger partial charge in [0.15, 0.2) is 5.78 Å². The molecule has 0 aliphatic heterocycles. The van der Waals surface area contributed by atoms with Crippen LogP contribution in [-0.4, -0.2) is 22.9 Å². The van der Waals surface area contributed by atoms with E-state index in [1.54, 1.807) is 36.5 Å². The Bertz CT molecular complexity index is 1150. The number of ether oxygens (including phenoxy) is 1. The number of benzene rings is 2. The summed E-state index contributed by atoms with van der Waals surface area (Å²) in [6.45, 7) is 8.00. The first-order valence-corrected chi connectivity index (χ1v) is 10.2. The highest BCUT2D eigenvalue weighted by molar-refractivity contribution is 6.18. The second-order valence-corrected chi connectivity index (χ2v) is 6.00. The van der Waals surface area contributed by atoms with E-state index in [0.717, 1.165) is 6.07 Å². The number of methoxy groups -OCH3 is 1. The minimum Gasteiger partial charge on any atom is -0.497 e. The highest BCUT2D eigenvalue weighted by Gasteiger charge is 2.19. The molecule has 0 spiro atoms. The zero-order chi connectivity index (χ0) is 23.0. The Morgan fingerprint density at radius 2 is 1.65 bits per heavy atom. The van der Waals surface area contributed by atoms with Crippen LogP contribution in [0, 0.1) is 11.6 Å². The molecular weight excluding hydrogens is 398 g/mol. The molecule has 31 heavy (non-hydrogen) atoms. The standard InChI is InChI=1S/C21H14F2N2O2.2C2H6/c1-27-16-4-2-3-12(9-16)20(26)18-11-25-21-19(18)17(5-6-24-21)13-7-14(22)10-15(23)8-13;2*1-2/h2-11H,1H3,(H,24,25);2*1-2H3. The number of rotatable bonds is 4. The van der Waals surface area contributed by atoms with Gasteiger partial charge < -0.3 is 9.72 Å². The molecule has 0 aliphatic rings. The maximum absolute atomic E-state index is 13.7. The first-order chi connectivity index (χ1) is 15.1. The van der Waals surface area contributed by atoms with Gasteiger partial charge in [0.1, 0.15) is 23.0 Å². The number of nitrogens with zero attached hydrogens (tertiary/aromatic N) is 1. The van der Waals surface area contributed by atoms with Crippen LogP contribution < -0.4 is 4.74 Å². The van der Waals surface area contributed by atoms with Crippen molar-refractivity contribution in [2.75, 3.05) is 7.11 Å². The van der Waals surface area contributed by atoms with Crippen molar-refractivity contribution in [1.82, 2.24) is 9.97 Å². The van der Waals surface area contributed by atoms with Crippen LogP contribution in [0.2, 0.25) is 0 Å². The molecule has 2 aromatic heterocycles. The van der Waals surface area contributed by atoms with Crippen LogP contribution in [0.3, 0.4) is 0 Å². The SMILES string of the molecule is CC.CC.COc1cccc(C(=O)c2c[nH]c3nccc(-c4cc(F)cc(F)c4)c23)c1. The lowest BCUT2D eigenvalue weighted by Crippen LogP contribution is -2.01. The number of carbonyl (C=O) groups excluding carboxylic acids is 1. The van der Waals surface area contributed by atoms with Gasteiger partial charge in [0.2, 0.25) is 0 Å². The predicted octanol–water partition coefficient (Wildman–Crippen LogP) is 6.80. The average Bonchev–Trinajstić information content (AvgIpc) is 3.25. The van der Waals surface area contributed by atoms with E-state index in [9.17, 15) is 13.6 Å². The molecule has 6 heteroatoms. The first-order valence-electron chi connectivity index (χ1n) is 10.2. The van der Waals surface area contributed by atoms with Crippen LogP contribution in [0.4, 0.5) is 8.78 Å². The Morgan fingerprint density at radius 3 is 2.29 bits per heavy atom. The van der Waals surface area contributed by atoms with Crippen LogP contribution in [0.1, 0.15) is 43.6 Å². The van der Waals surface area contributed by atoms with Crippen LogP contribution in [0.5, 0.6) is 5.75 Å². The van der Waals surface area contributed by atoms with Crippen LogP contribution >= 0.6 is 0 Å². The fourth-order valence-electron chi connectivity index (χ4n) is 3.11. The Kier molecular flexibility index (Phi) is 8.43. The topological polar surface area (TPSA) is 55.0 Å². The van der Waals surface area contributed by atoms with E-state index in [-0.39, 0.29) is 5.78 Å². The van der Waals surface area contributed by atoms with Crippen LogP contribution in [0.15, 0.2) is 60.9 Å². The highest BCUT2D eigenvalue weighted by atomic mass is 19.1. The quantitative estimate of drug-likeness (QED) is 0.367. The van der Waals surface area contributed by atoms with E-state index in [1.807, 2.05) is 27.7 Å². The normalized spacial score (nSPS) is 9.90. The minimum absolute atomic E-state index is 0.244. The molecule has 0 aliphatic carbocycles. The van der Waals surface area contributed by atoms with E-state index < -0.39 is 11.6 Å². The maximum Gasteiger partial charge on any atom is 0.195 e. The number of aromatic nitrogens is 2. The number of aromatic amines is 1. The molecule has 0 saturated carbocycles. The monoisotopic (exact) mass is 424 g/mol. The number of hydrogen-bond donors (Lipinski definition) is 1. The third-order valence-electron chi connectivity index (χ3n) is 4.32. The lowest BCUT2D eigenvalue weighted by atomic mass is 9.97. The van der Waals surface area contributed by atoms with Gasteiger partial charge in [-0.3, -0.25) is 4.79 Å². The largest absolute Gasteiger partial charge is 0.497 e. The smallest absolute Gasteiger partial charge is 0.195 e. The van der Waals surface area contributed by atoms with Crippen molar-refractivity contribution in [2.45, 2.75) is 27.7 Å². The molecule has 0 unspecified atom stereocenters. The van der Waals surface area contributed by atoms with Gasteiger partial charge in [0.05, 0.1) is 12.7 Å². The first kappa shape index (κ1) is 23.7. The van der Waals surface area contributed by atoms with Gasteiger partial charge in [-0.05, 0) is 41.5 Å². The number of fused-ring (bicyclic) bond motifs is 1. The fourth-order valence-corrected chi connectivity index (χ4v) is 3.11. The van der Waals surface area contributed by atoms with Crippen LogP contribution in [0.25, 0.3) is 22.2 Å². The Balaban J connectivity index is 0.000000807. The maximum atomic E-state index is 13.7. The number of hydrogen-bond acceptors (Lipinski definition) is 3. The lowest BCUT2D eigenvalue weighted by Gasteiger charge is -2.07. The van der Waals surface area contributed by atoms with Crippen molar-refractivity contribution in [1.29, 1.82) is 0 Å². The highest BCUT2D eigenvalue weighted by Crippen LogP contribution is 2.32. The van der Waals surface area contributed by atoms with Gasteiger partial charge in [-0.1, -0.05) is 39.8 Å². The molecule has 4 rings (SSSR count). The summed E-state index contributed by atoms with van der Waals surface area (Å²) in [6.07, 6.45) is 3.08. The summed E-state index contributed by atoms with van der Waals surface area (Å²) in [5.74, 6) is -1.06. The summed E-state index contributed by atoms with van der Waals surface area (Å²) >= 11 is 0. The summed E-state index contributed by atoms with van der Waals surface area (Å²) in [4.78, 5) is 20.2. The van der Waals surface area contributed by atoms with Gasteiger partial charge in [-0.25, -0.2) is 13.8 Å². The average molecular weight is 424 g/mol. The number of carbonyl (C=O) groups is 1. The van der Waals surface area contributed by atoms with Crippen molar-refractivity contribution in [3.05, 3.63) is 83.7 Å². The fraction of sp³-hybridized carbons (Fsp3) is 0.200. The molecule has 0 amide bonds. The Labute approximate surface area is 180 Å². The van der Waals surface area contributed by atoms with Gasteiger partial charge >= 0.3 is 0 Å². The molecule has 1 N–H and O–H groups in total. The molecule has 0 bridgehead atoms. The van der Waals surface area contributed by atoms with Crippen molar-refractivity contribution in [3.63, 3.8) is 0 Å². The zero-order valence-electron chi connectivity index (χ0n) is 18.3. The third-order valence-corrected chi connectivity index (χ3v) is 4.32. The van der Waals surface area contributed by atoms with E-state index in [2.05, 4.69) is 9.97 Å². The molecular formula is C25H26F2N2O2. The number of nitrogens with one attached hydrogen (secondary N) is 1. The third kappa shape index (κ3) is 5.15. The predicted molar refractivity (Wildman–Crippen MR) is 121 cm³/mol. The molecule has 162 valence electrons. The summed E-state index contributed by atoms with van der Waals surface area (Å²) in [5.41, 5.74) is 2.12. The summed E-state index contributed by atoms with van der Waals surface area (Å²) in [6, 6.07) is 11.7. The summed E-state index contributed by atoms with van der Waals surface area (Å²) in [5, 5.41) is 0.510. The van der Waals surface area contributed by atoms with Crippen molar-refractivity contribution in [3.8, 4) is 16.9 Å². The van der Waals surface area contributed by atoms with Gasteiger partial charge in [0.25, 0.3) is 0 Å². The molecule has 4 nitrogen and oxygen atoms in total. The van der Waals surface area contributed by atoms with Gasteiger partial charge in [-0.2, -0.15) is 0 Å². The van der Waals surface area contributed by atoms with E-state index >= 15 is 0 Å². The Hall–Kier alpha value is -3.54. The van der Waals surface area contributed by atoms with Crippen molar-refractivity contribution in [2.24, 2.45) is 0 Å². The molecule has 2 aromatic carbocycles. The molecule has 0 saturated heterocycles. The summed E-state index contributed by atoms with van der Waals surface area (Å²) in [7, 11) is 1.52. The molecule has 4 aromatic rings. The number of pyridine rings is 1. The molecule has 0 radical (unpaired) electrons. The van der Waals surface area contributed by atoms with E-state index in [4.69, 9.17) is 4.74 Å². The van der Waals surface area contributed by atoms with Gasteiger partial charge in [-0.15, -0.1) is 0 Å². The van der Waals surface area contributed by atoms with E-state index in [1.165, 1.54) is 25.4 Å². The number of ketones is 1. The molecule has 2 heterocycles. The zero-order valence-corrected chi connectivity index (χ0v) is 18.3. The van der Waals surface area contributed by atoms with Gasteiger partial charge in [0, 0.05) is 29.4 Å². The second-order valence-electron chi connectivity index (χ2n) is 6.00. The Morgan fingerprint density at radius 1 is 0.968 bits per heavy atom. The van der Waals surface area contributed by atoms with E-state index in [0.29, 0.717) is 39.0 Å². The second kappa shape index (κ2) is 11.0. The lowest BCUT2D eigenvalue weighted by molar-refractivity contribution is 0.104. The van der Waals surface area contributed by atoms with Crippen molar-refractivity contribution < 1.29 is 18.3 Å².